The monoisotopic (exact) mass is 138 g/mol. The Balaban J connectivity index is 3.59. The summed E-state index contributed by atoms with van der Waals surface area (Å²) in [4.78, 5) is 0. The van der Waals surface area contributed by atoms with E-state index in [0.29, 0.717) is 0 Å². The Morgan fingerprint density at radius 2 is 1.89 bits per heavy atom. The maximum atomic E-state index is 8.41. The summed E-state index contributed by atoms with van der Waals surface area (Å²) in [5, 5.41) is 32.9. The van der Waals surface area contributed by atoms with Crippen LogP contribution in [-0.4, -0.2) is 39.3 Å². The van der Waals surface area contributed by atoms with E-state index in [0.717, 1.165) is 0 Å². The number of aliphatic hydroxyl groups is 4. The van der Waals surface area contributed by atoms with Crippen molar-refractivity contribution < 1.29 is 25.2 Å². The summed E-state index contributed by atoms with van der Waals surface area (Å²) in [6.07, 6.45) is -1.97. The van der Waals surface area contributed by atoms with Crippen LogP contribution in [0, 0.1) is 0 Å². The van der Waals surface area contributed by atoms with Crippen molar-refractivity contribution in [3.8, 4) is 0 Å². The van der Waals surface area contributed by atoms with Gasteiger partial charge in [0.15, 0.2) is 0 Å². The minimum Gasteiger partial charge on any atom is -0.362 e. The molecule has 0 saturated heterocycles. The molecule has 9 heavy (non-hydrogen) atoms. The fourth-order valence-corrected chi connectivity index (χ4v) is 0.270. The lowest BCUT2D eigenvalue weighted by molar-refractivity contribution is -0.404. The van der Waals surface area contributed by atoms with Crippen molar-refractivity contribution in [2.45, 2.75) is 19.2 Å². The predicted molar refractivity (Wildman–Crippen MR) is 27.0 cm³/mol. The molecular formula is C4H10O5. The third kappa shape index (κ3) is 3.39. The molecule has 4 N–H and O–H groups in total. The van der Waals surface area contributed by atoms with Crippen molar-refractivity contribution >= 4 is 0 Å². The van der Waals surface area contributed by atoms with Gasteiger partial charge in [-0.2, -0.15) is 0 Å². The first-order valence-electron chi connectivity index (χ1n) is 2.45. The van der Waals surface area contributed by atoms with Gasteiger partial charge in [-0.3, -0.25) is 0 Å². The van der Waals surface area contributed by atoms with E-state index in [4.69, 9.17) is 20.4 Å². The molecule has 0 saturated carbocycles. The third-order valence-electron chi connectivity index (χ3n) is 0.656. The summed E-state index contributed by atoms with van der Waals surface area (Å²) in [6.45, 7) is 1.62. The molecule has 0 aliphatic heterocycles. The maximum absolute atomic E-state index is 8.41. The van der Waals surface area contributed by atoms with Gasteiger partial charge in [-0.1, -0.05) is 0 Å². The average Bonchev–Trinajstić information content (AvgIpc) is 1.64. The van der Waals surface area contributed by atoms with Crippen LogP contribution in [0.15, 0.2) is 0 Å². The zero-order chi connectivity index (χ0) is 7.49. The van der Waals surface area contributed by atoms with Gasteiger partial charge in [0.05, 0.1) is 0 Å². The Labute approximate surface area is 52.1 Å². The molecule has 0 fully saturated rings. The SMILES string of the molecule is CCOC(O)C(O)(O)O. The van der Waals surface area contributed by atoms with Crippen LogP contribution in [0.4, 0.5) is 0 Å². The molecule has 0 aliphatic rings. The first-order chi connectivity index (χ1) is 3.98. The molecule has 0 aromatic carbocycles. The van der Waals surface area contributed by atoms with Gasteiger partial charge in [0.25, 0.3) is 0 Å². The highest BCUT2D eigenvalue weighted by Crippen LogP contribution is 2.01. The highest BCUT2D eigenvalue weighted by Gasteiger charge is 2.30. The normalized spacial score (nSPS) is 15.7. The minimum atomic E-state index is -3.16. The van der Waals surface area contributed by atoms with Crippen LogP contribution in [0.2, 0.25) is 0 Å². The van der Waals surface area contributed by atoms with Crippen LogP contribution in [-0.2, 0) is 4.74 Å². The summed E-state index contributed by atoms with van der Waals surface area (Å²) in [6, 6.07) is 0. The number of rotatable bonds is 3. The zero-order valence-corrected chi connectivity index (χ0v) is 4.98. The van der Waals surface area contributed by atoms with E-state index in [-0.39, 0.29) is 6.61 Å². The molecule has 0 aromatic rings. The largest absolute Gasteiger partial charge is 0.362 e. The Hall–Kier alpha value is -0.200. The van der Waals surface area contributed by atoms with E-state index in [1.54, 1.807) is 0 Å². The number of hydrogen-bond donors (Lipinski definition) is 4. The molecule has 0 aliphatic carbocycles. The number of hydrogen-bond acceptors (Lipinski definition) is 5. The van der Waals surface area contributed by atoms with E-state index in [1.807, 2.05) is 0 Å². The van der Waals surface area contributed by atoms with Crippen LogP contribution >= 0.6 is 0 Å². The van der Waals surface area contributed by atoms with Crippen LogP contribution in [0.3, 0.4) is 0 Å². The van der Waals surface area contributed by atoms with Gasteiger partial charge in [-0.25, -0.2) is 0 Å². The molecule has 5 nitrogen and oxygen atoms in total. The lowest BCUT2D eigenvalue weighted by Gasteiger charge is -2.19. The molecule has 56 valence electrons. The Bertz CT molecular complexity index is 75.5. The Morgan fingerprint density at radius 1 is 1.44 bits per heavy atom. The number of ether oxygens (including phenoxy) is 1. The summed E-state index contributed by atoms with van der Waals surface area (Å²) in [5.41, 5.74) is 0. The second kappa shape index (κ2) is 3.09. The van der Waals surface area contributed by atoms with Gasteiger partial charge in [0, 0.05) is 6.61 Å². The molecule has 1 unspecified atom stereocenters. The summed E-state index contributed by atoms with van der Waals surface area (Å²) in [7, 11) is 0. The predicted octanol–water partition coefficient (Wildman–Crippen LogP) is -2.03. The Morgan fingerprint density at radius 3 is 2.00 bits per heavy atom. The van der Waals surface area contributed by atoms with E-state index in [9.17, 15) is 0 Å². The van der Waals surface area contributed by atoms with Crippen molar-refractivity contribution in [2.75, 3.05) is 6.61 Å². The van der Waals surface area contributed by atoms with Gasteiger partial charge in [0.1, 0.15) is 0 Å². The molecule has 0 amide bonds. The molecule has 0 aromatic heterocycles. The van der Waals surface area contributed by atoms with Crippen molar-refractivity contribution in [1.82, 2.24) is 0 Å². The van der Waals surface area contributed by atoms with Crippen LogP contribution < -0.4 is 0 Å². The molecule has 5 heteroatoms. The fraction of sp³-hybridized carbons (Fsp3) is 1.00. The van der Waals surface area contributed by atoms with Crippen LogP contribution in [0.5, 0.6) is 0 Å². The van der Waals surface area contributed by atoms with Crippen molar-refractivity contribution in [3.63, 3.8) is 0 Å². The van der Waals surface area contributed by atoms with E-state index in [2.05, 4.69) is 4.74 Å². The van der Waals surface area contributed by atoms with Crippen LogP contribution in [0.1, 0.15) is 6.92 Å². The zero-order valence-electron chi connectivity index (χ0n) is 4.98. The molecule has 0 spiro atoms. The van der Waals surface area contributed by atoms with Crippen molar-refractivity contribution in [2.24, 2.45) is 0 Å². The number of aliphatic hydroxyl groups excluding tert-OH is 1. The average molecular weight is 138 g/mol. The smallest absolute Gasteiger partial charge is 0.329 e. The Kier molecular flexibility index (Phi) is 3.02. The maximum Gasteiger partial charge on any atom is 0.329 e. The molecule has 0 rings (SSSR count). The van der Waals surface area contributed by atoms with Crippen LogP contribution in [0.25, 0.3) is 0 Å². The summed E-state index contributed by atoms with van der Waals surface area (Å²) in [5.74, 6) is -3.16. The second-order valence-electron chi connectivity index (χ2n) is 1.49. The second-order valence-corrected chi connectivity index (χ2v) is 1.49. The topological polar surface area (TPSA) is 90.2 Å². The van der Waals surface area contributed by atoms with Gasteiger partial charge < -0.3 is 25.2 Å². The van der Waals surface area contributed by atoms with Gasteiger partial charge in [-0.15, -0.1) is 0 Å². The quantitative estimate of drug-likeness (QED) is 0.338. The molecule has 0 bridgehead atoms. The first kappa shape index (κ1) is 8.80. The van der Waals surface area contributed by atoms with Gasteiger partial charge in [0.2, 0.25) is 6.29 Å². The van der Waals surface area contributed by atoms with E-state index >= 15 is 0 Å². The van der Waals surface area contributed by atoms with Gasteiger partial charge >= 0.3 is 5.97 Å². The van der Waals surface area contributed by atoms with E-state index in [1.165, 1.54) is 6.92 Å². The van der Waals surface area contributed by atoms with Crippen molar-refractivity contribution in [1.29, 1.82) is 0 Å². The lowest BCUT2D eigenvalue weighted by Crippen LogP contribution is -2.43. The van der Waals surface area contributed by atoms with Crippen molar-refractivity contribution in [3.05, 3.63) is 0 Å². The summed E-state index contributed by atoms with van der Waals surface area (Å²) >= 11 is 0. The van der Waals surface area contributed by atoms with Gasteiger partial charge in [-0.05, 0) is 6.92 Å². The molecule has 0 radical (unpaired) electrons. The fourth-order valence-electron chi connectivity index (χ4n) is 0.270. The highest BCUT2D eigenvalue weighted by molar-refractivity contribution is 4.48. The summed E-state index contributed by atoms with van der Waals surface area (Å²) < 4.78 is 4.21. The standard InChI is InChI=1S/C4H10O5/c1-2-9-3(5)4(6,7)8/h3,5-8H,2H2,1H3. The third-order valence-corrected chi connectivity index (χ3v) is 0.656. The first-order valence-corrected chi connectivity index (χ1v) is 2.45. The molecule has 0 heterocycles. The minimum absolute atomic E-state index is 0.0879. The lowest BCUT2D eigenvalue weighted by atomic mass is 10.5. The van der Waals surface area contributed by atoms with E-state index < -0.39 is 12.3 Å². The molecular weight excluding hydrogens is 128 g/mol. The highest BCUT2D eigenvalue weighted by atomic mass is 16.7. The molecule has 1 atom stereocenters.